The average Bonchev–Trinajstić information content (AvgIpc) is 2.36. The number of nitrogens with zero attached hydrogens (tertiary/aromatic N) is 1. The van der Waals surface area contributed by atoms with Crippen molar-refractivity contribution < 1.29 is 4.79 Å². The topological polar surface area (TPSA) is 71.9 Å². The summed E-state index contributed by atoms with van der Waals surface area (Å²) in [5.74, 6) is -0.193. The number of aromatic nitrogens is 2. The van der Waals surface area contributed by atoms with Gasteiger partial charge in [0.15, 0.2) is 5.78 Å². The zero-order chi connectivity index (χ0) is 14.0. The van der Waals surface area contributed by atoms with Crippen LogP contribution in [0.4, 0.5) is 0 Å². The van der Waals surface area contributed by atoms with Crippen LogP contribution in [0.3, 0.4) is 0 Å². The van der Waals surface area contributed by atoms with Crippen LogP contribution in [-0.2, 0) is 6.54 Å². The predicted molar refractivity (Wildman–Crippen MR) is 74.5 cm³/mol. The highest BCUT2D eigenvalue weighted by Gasteiger charge is 2.09. The molecule has 0 radical (unpaired) electrons. The number of halogens is 1. The van der Waals surface area contributed by atoms with Crippen LogP contribution in [0.25, 0.3) is 0 Å². The first-order valence-electron chi connectivity index (χ1n) is 5.56. The SMILES string of the molecule is Cc1ccc(C(=O)Cn2cc(Br)c(=O)[nH]c2=O)cc1. The summed E-state index contributed by atoms with van der Waals surface area (Å²) in [6.45, 7) is 1.81. The summed E-state index contributed by atoms with van der Waals surface area (Å²) < 4.78 is 1.37. The molecule has 19 heavy (non-hydrogen) atoms. The fourth-order valence-corrected chi connectivity index (χ4v) is 1.93. The van der Waals surface area contributed by atoms with E-state index in [1.54, 1.807) is 12.1 Å². The van der Waals surface area contributed by atoms with Crippen molar-refractivity contribution in [2.75, 3.05) is 0 Å². The third-order valence-corrected chi connectivity index (χ3v) is 3.22. The quantitative estimate of drug-likeness (QED) is 0.870. The number of carbonyl (C=O) groups is 1. The number of nitrogens with one attached hydrogen (secondary N) is 1. The molecule has 0 saturated carbocycles. The zero-order valence-electron chi connectivity index (χ0n) is 10.1. The monoisotopic (exact) mass is 322 g/mol. The summed E-state index contributed by atoms with van der Waals surface area (Å²) in [6, 6.07) is 7.09. The van der Waals surface area contributed by atoms with Crippen LogP contribution in [-0.4, -0.2) is 15.3 Å². The molecule has 1 aromatic heterocycles. The Morgan fingerprint density at radius 1 is 1.26 bits per heavy atom. The first-order chi connectivity index (χ1) is 8.97. The van der Waals surface area contributed by atoms with E-state index in [4.69, 9.17) is 0 Å². The van der Waals surface area contributed by atoms with Gasteiger partial charge in [0.2, 0.25) is 0 Å². The summed E-state index contributed by atoms with van der Waals surface area (Å²) in [6.07, 6.45) is 1.31. The highest BCUT2D eigenvalue weighted by Crippen LogP contribution is 2.05. The van der Waals surface area contributed by atoms with E-state index in [9.17, 15) is 14.4 Å². The molecule has 0 aliphatic carbocycles. The van der Waals surface area contributed by atoms with Crippen molar-refractivity contribution in [2.24, 2.45) is 0 Å². The van der Waals surface area contributed by atoms with Gasteiger partial charge in [-0.1, -0.05) is 29.8 Å². The molecule has 0 bridgehead atoms. The van der Waals surface area contributed by atoms with Crippen LogP contribution in [0.1, 0.15) is 15.9 Å². The molecule has 0 aliphatic heterocycles. The molecule has 0 amide bonds. The number of rotatable bonds is 3. The van der Waals surface area contributed by atoms with Crippen LogP contribution < -0.4 is 11.2 Å². The van der Waals surface area contributed by atoms with Gasteiger partial charge >= 0.3 is 5.69 Å². The maximum atomic E-state index is 12.0. The van der Waals surface area contributed by atoms with E-state index in [0.717, 1.165) is 10.1 Å². The van der Waals surface area contributed by atoms with Crippen molar-refractivity contribution >= 4 is 21.7 Å². The van der Waals surface area contributed by atoms with E-state index < -0.39 is 11.2 Å². The molecule has 1 heterocycles. The molecule has 0 unspecified atom stereocenters. The van der Waals surface area contributed by atoms with Gasteiger partial charge in [-0.25, -0.2) is 4.79 Å². The number of hydrogen-bond donors (Lipinski definition) is 1. The zero-order valence-corrected chi connectivity index (χ0v) is 11.7. The number of carbonyl (C=O) groups excluding carboxylic acids is 1. The number of ketones is 1. The lowest BCUT2D eigenvalue weighted by Crippen LogP contribution is -2.31. The van der Waals surface area contributed by atoms with Crippen LogP contribution in [0.15, 0.2) is 44.5 Å². The molecule has 0 saturated heterocycles. The Labute approximate surface area is 117 Å². The van der Waals surface area contributed by atoms with Gasteiger partial charge in [0, 0.05) is 11.8 Å². The Hall–Kier alpha value is -1.95. The second kappa shape index (κ2) is 5.36. The van der Waals surface area contributed by atoms with Crippen molar-refractivity contribution in [3.8, 4) is 0 Å². The molecule has 0 aliphatic rings. The maximum Gasteiger partial charge on any atom is 0.328 e. The minimum Gasteiger partial charge on any atom is -0.292 e. The molecule has 1 aromatic carbocycles. The minimum absolute atomic E-state index is 0.114. The highest BCUT2D eigenvalue weighted by molar-refractivity contribution is 9.10. The number of benzene rings is 1. The van der Waals surface area contributed by atoms with Crippen LogP contribution in [0.5, 0.6) is 0 Å². The third-order valence-electron chi connectivity index (χ3n) is 2.65. The largest absolute Gasteiger partial charge is 0.328 e. The first kappa shape index (κ1) is 13.5. The maximum absolute atomic E-state index is 12.0. The number of aryl methyl sites for hydroxylation is 1. The molecule has 1 N–H and O–H groups in total. The molecule has 6 heteroatoms. The number of aromatic amines is 1. The number of H-pyrrole nitrogens is 1. The van der Waals surface area contributed by atoms with Gasteiger partial charge < -0.3 is 0 Å². The van der Waals surface area contributed by atoms with Crippen molar-refractivity contribution in [3.05, 3.63) is 66.9 Å². The first-order valence-corrected chi connectivity index (χ1v) is 6.36. The second-order valence-corrected chi connectivity index (χ2v) is 5.01. The normalized spacial score (nSPS) is 10.4. The lowest BCUT2D eigenvalue weighted by molar-refractivity contribution is 0.0970. The molecule has 5 nitrogen and oxygen atoms in total. The van der Waals surface area contributed by atoms with E-state index in [1.807, 2.05) is 19.1 Å². The van der Waals surface area contributed by atoms with Gasteiger partial charge in [-0.15, -0.1) is 0 Å². The van der Waals surface area contributed by atoms with Crippen molar-refractivity contribution in [1.82, 2.24) is 9.55 Å². The third kappa shape index (κ3) is 3.08. The molecular weight excluding hydrogens is 312 g/mol. The van der Waals surface area contributed by atoms with Gasteiger partial charge in [-0.05, 0) is 22.9 Å². The van der Waals surface area contributed by atoms with E-state index in [1.165, 1.54) is 6.20 Å². The summed E-state index contributed by atoms with van der Waals surface area (Å²) in [7, 11) is 0. The van der Waals surface area contributed by atoms with Gasteiger partial charge in [0.25, 0.3) is 5.56 Å². The fourth-order valence-electron chi connectivity index (χ4n) is 1.59. The van der Waals surface area contributed by atoms with E-state index in [-0.39, 0.29) is 16.8 Å². The summed E-state index contributed by atoms with van der Waals surface area (Å²) in [5, 5.41) is 0. The minimum atomic E-state index is -0.603. The highest BCUT2D eigenvalue weighted by atomic mass is 79.9. The molecule has 0 atom stereocenters. The van der Waals surface area contributed by atoms with E-state index >= 15 is 0 Å². The Balaban J connectivity index is 2.29. The summed E-state index contributed by atoms with van der Waals surface area (Å²) >= 11 is 3.02. The lowest BCUT2D eigenvalue weighted by atomic mass is 10.1. The van der Waals surface area contributed by atoms with Crippen LogP contribution >= 0.6 is 15.9 Å². The number of hydrogen-bond acceptors (Lipinski definition) is 3. The van der Waals surface area contributed by atoms with Gasteiger partial charge in [0.05, 0.1) is 11.0 Å². The molecule has 0 spiro atoms. The Morgan fingerprint density at radius 3 is 2.53 bits per heavy atom. The lowest BCUT2D eigenvalue weighted by Gasteiger charge is -2.05. The van der Waals surface area contributed by atoms with Crippen molar-refractivity contribution in [2.45, 2.75) is 13.5 Å². The predicted octanol–water partition coefficient (Wildman–Crippen LogP) is 1.49. The fraction of sp³-hybridized carbons (Fsp3) is 0.154. The molecular formula is C13H11BrN2O3. The summed E-state index contributed by atoms with van der Waals surface area (Å²) in [4.78, 5) is 36.9. The molecule has 2 aromatic rings. The van der Waals surface area contributed by atoms with Crippen LogP contribution in [0.2, 0.25) is 0 Å². The molecule has 0 fully saturated rings. The van der Waals surface area contributed by atoms with Crippen molar-refractivity contribution in [1.29, 1.82) is 0 Å². The standard InChI is InChI=1S/C13H11BrN2O3/c1-8-2-4-9(5-3-8)11(17)7-16-6-10(14)12(18)15-13(16)19/h2-6H,7H2,1H3,(H,15,18,19). The van der Waals surface area contributed by atoms with Crippen molar-refractivity contribution in [3.63, 3.8) is 0 Å². The van der Waals surface area contributed by atoms with Gasteiger partial charge in [-0.2, -0.15) is 0 Å². The van der Waals surface area contributed by atoms with Gasteiger partial charge in [0.1, 0.15) is 0 Å². The van der Waals surface area contributed by atoms with E-state index in [2.05, 4.69) is 20.9 Å². The van der Waals surface area contributed by atoms with Crippen LogP contribution in [0, 0.1) is 6.92 Å². The van der Waals surface area contributed by atoms with Gasteiger partial charge in [-0.3, -0.25) is 19.1 Å². The van der Waals surface area contributed by atoms with E-state index in [0.29, 0.717) is 5.56 Å². The Kier molecular flexibility index (Phi) is 3.80. The Bertz CT molecular complexity index is 729. The smallest absolute Gasteiger partial charge is 0.292 e. The second-order valence-electron chi connectivity index (χ2n) is 4.15. The average molecular weight is 323 g/mol. The Morgan fingerprint density at radius 2 is 1.89 bits per heavy atom. The summed E-state index contributed by atoms with van der Waals surface area (Å²) in [5.41, 5.74) is 0.470. The molecule has 2 rings (SSSR count). The molecule has 98 valence electrons. The number of Topliss-reactive ketones (excluding diaryl/α,β-unsaturated/α-hetero) is 1.